The predicted molar refractivity (Wildman–Crippen MR) is 115 cm³/mol. The molecule has 0 radical (unpaired) electrons. The van der Waals surface area contributed by atoms with Gasteiger partial charge in [-0.05, 0) is 13.8 Å². The van der Waals surface area contributed by atoms with Crippen LogP contribution in [0.1, 0.15) is 48.3 Å². The van der Waals surface area contributed by atoms with Crippen molar-refractivity contribution in [2.45, 2.75) is 53.1 Å². The number of aromatic nitrogens is 2. The third kappa shape index (κ3) is 6.64. The molecule has 5 nitrogen and oxygen atoms in total. The van der Waals surface area contributed by atoms with Crippen LogP contribution in [-0.2, 0) is 18.5 Å². The molecule has 2 heterocycles. The minimum absolute atomic E-state index is 0. The highest BCUT2D eigenvalue weighted by molar-refractivity contribution is 14.0. The van der Waals surface area contributed by atoms with Gasteiger partial charge in [-0.1, -0.05) is 20.8 Å². The van der Waals surface area contributed by atoms with Crippen molar-refractivity contribution < 1.29 is 0 Å². The molecular weight excluding hydrogens is 453 g/mol. The molecule has 0 saturated heterocycles. The van der Waals surface area contributed by atoms with E-state index in [1.165, 1.54) is 4.88 Å². The van der Waals surface area contributed by atoms with Crippen LogP contribution in [0.5, 0.6) is 0 Å². The summed E-state index contributed by atoms with van der Waals surface area (Å²) < 4.78 is 0. The Morgan fingerprint density at radius 3 is 2.58 bits per heavy atom. The molecule has 2 N–H and O–H groups in total. The van der Waals surface area contributed by atoms with Gasteiger partial charge in [0.15, 0.2) is 5.96 Å². The maximum absolute atomic E-state index is 4.68. The van der Waals surface area contributed by atoms with E-state index in [4.69, 9.17) is 0 Å². The molecule has 134 valence electrons. The third-order valence-corrected chi connectivity index (χ3v) is 5.24. The predicted octanol–water partition coefficient (Wildman–Crippen LogP) is 4.08. The number of thiazole rings is 2. The van der Waals surface area contributed by atoms with Crippen LogP contribution in [0, 0.1) is 6.92 Å². The van der Waals surface area contributed by atoms with E-state index in [0.29, 0.717) is 13.1 Å². The van der Waals surface area contributed by atoms with Gasteiger partial charge in [0.25, 0.3) is 0 Å². The highest BCUT2D eigenvalue weighted by Crippen LogP contribution is 2.25. The Hall–Kier alpha value is -0.740. The second-order valence-corrected chi connectivity index (χ2v) is 8.48. The van der Waals surface area contributed by atoms with E-state index in [2.05, 4.69) is 65.6 Å². The summed E-state index contributed by atoms with van der Waals surface area (Å²) in [5.41, 5.74) is 1.11. The molecule has 0 aliphatic heterocycles. The van der Waals surface area contributed by atoms with Crippen molar-refractivity contribution in [2.24, 2.45) is 4.99 Å². The van der Waals surface area contributed by atoms with Gasteiger partial charge in [0, 0.05) is 28.4 Å². The van der Waals surface area contributed by atoms with Crippen LogP contribution in [0.25, 0.3) is 0 Å². The zero-order valence-electron chi connectivity index (χ0n) is 14.8. The number of hydrogen-bond donors (Lipinski definition) is 2. The fraction of sp³-hybridized carbons (Fsp3) is 0.562. The molecule has 2 aromatic rings. The summed E-state index contributed by atoms with van der Waals surface area (Å²) in [6.07, 6.45) is 1.90. The summed E-state index contributed by atoms with van der Waals surface area (Å²) >= 11 is 3.41. The molecule has 0 atom stereocenters. The Morgan fingerprint density at radius 2 is 2.04 bits per heavy atom. The normalized spacial score (nSPS) is 12.0. The lowest BCUT2D eigenvalue weighted by Crippen LogP contribution is -2.36. The Kier molecular flexibility index (Phi) is 8.58. The van der Waals surface area contributed by atoms with Gasteiger partial charge in [0.05, 0.1) is 23.8 Å². The van der Waals surface area contributed by atoms with Crippen molar-refractivity contribution in [3.8, 4) is 0 Å². The fourth-order valence-corrected chi connectivity index (χ4v) is 3.49. The highest BCUT2D eigenvalue weighted by atomic mass is 127. The van der Waals surface area contributed by atoms with Gasteiger partial charge in [-0.2, -0.15) is 0 Å². The van der Waals surface area contributed by atoms with E-state index in [1.807, 2.05) is 6.20 Å². The van der Waals surface area contributed by atoms with Crippen molar-refractivity contribution in [2.75, 3.05) is 6.54 Å². The molecule has 0 fully saturated rings. The average molecular weight is 479 g/mol. The van der Waals surface area contributed by atoms with Crippen LogP contribution in [0.2, 0.25) is 0 Å². The van der Waals surface area contributed by atoms with Gasteiger partial charge in [-0.3, -0.25) is 0 Å². The number of rotatable bonds is 5. The Balaban J connectivity index is 0.00000288. The lowest BCUT2D eigenvalue weighted by molar-refractivity contribution is 0.583. The Morgan fingerprint density at radius 1 is 1.29 bits per heavy atom. The molecule has 0 aliphatic carbocycles. The SMILES string of the molecule is CCNC(=NCc1csc(C(C)(C)C)n1)NCc1ncc(C)s1.I. The van der Waals surface area contributed by atoms with E-state index < -0.39 is 0 Å². The molecule has 2 rings (SSSR count). The highest BCUT2D eigenvalue weighted by Gasteiger charge is 2.17. The summed E-state index contributed by atoms with van der Waals surface area (Å²) in [7, 11) is 0. The number of halogens is 1. The van der Waals surface area contributed by atoms with Crippen LogP contribution in [0.15, 0.2) is 16.6 Å². The first-order chi connectivity index (χ1) is 10.9. The first kappa shape index (κ1) is 21.3. The van der Waals surface area contributed by atoms with Gasteiger partial charge in [-0.25, -0.2) is 15.0 Å². The Labute approximate surface area is 169 Å². The third-order valence-electron chi connectivity index (χ3n) is 3.01. The van der Waals surface area contributed by atoms with Crippen LogP contribution in [0.4, 0.5) is 0 Å². The second-order valence-electron chi connectivity index (χ2n) is 6.31. The summed E-state index contributed by atoms with van der Waals surface area (Å²) in [6, 6.07) is 0. The smallest absolute Gasteiger partial charge is 0.191 e. The summed E-state index contributed by atoms with van der Waals surface area (Å²) in [4.78, 5) is 14.9. The van der Waals surface area contributed by atoms with Gasteiger partial charge >= 0.3 is 0 Å². The largest absolute Gasteiger partial charge is 0.357 e. The second kappa shape index (κ2) is 9.67. The van der Waals surface area contributed by atoms with Crippen molar-refractivity contribution in [1.29, 1.82) is 0 Å². The average Bonchev–Trinajstić information content (AvgIpc) is 3.10. The number of aliphatic imine (C=N–C) groups is 1. The van der Waals surface area contributed by atoms with E-state index >= 15 is 0 Å². The number of nitrogens with one attached hydrogen (secondary N) is 2. The first-order valence-electron chi connectivity index (χ1n) is 7.77. The van der Waals surface area contributed by atoms with Crippen LogP contribution in [-0.4, -0.2) is 22.5 Å². The molecule has 0 saturated carbocycles. The zero-order chi connectivity index (χ0) is 16.9. The van der Waals surface area contributed by atoms with Crippen molar-refractivity contribution in [3.05, 3.63) is 32.2 Å². The molecular formula is C16H26IN5S2. The minimum atomic E-state index is 0. The Bertz CT molecular complexity index is 657. The van der Waals surface area contributed by atoms with Crippen molar-refractivity contribution in [1.82, 2.24) is 20.6 Å². The topological polar surface area (TPSA) is 62.2 Å². The molecule has 0 amide bonds. The van der Waals surface area contributed by atoms with Crippen LogP contribution >= 0.6 is 46.7 Å². The summed E-state index contributed by atoms with van der Waals surface area (Å²) in [5, 5.41) is 10.9. The lowest BCUT2D eigenvalue weighted by Gasteiger charge is -2.13. The minimum Gasteiger partial charge on any atom is -0.357 e. The molecule has 0 unspecified atom stereocenters. The van der Waals surface area contributed by atoms with Gasteiger partial charge in [0.2, 0.25) is 0 Å². The maximum atomic E-state index is 4.68. The number of aryl methyl sites for hydroxylation is 1. The summed E-state index contributed by atoms with van der Waals surface area (Å²) in [6.45, 7) is 12.8. The van der Waals surface area contributed by atoms with Crippen LogP contribution in [0.3, 0.4) is 0 Å². The molecule has 8 heteroatoms. The number of hydrogen-bond acceptors (Lipinski definition) is 5. The molecule has 24 heavy (non-hydrogen) atoms. The fourth-order valence-electron chi connectivity index (χ4n) is 1.87. The molecule has 0 aromatic carbocycles. The zero-order valence-corrected chi connectivity index (χ0v) is 18.8. The van der Waals surface area contributed by atoms with E-state index in [9.17, 15) is 0 Å². The lowest BCUT2D eigenvalue weighted by atomic mass is 9.98. The first-order valence-corrected chi connectivity index (χ1v) is 9.46. The quantitative estimate of drug-likeness (QED) is 0.386. The van der Waals surface area contributed by atoms with Gasteiger partial charge in [-0.15, -0.1) is 46.7 Å². The molecule has 0 aliphatic rings. The standard InChI is InChI=1S/C16H25N5S2.HI/c1-6-17-15(20-9-13-18-7-11(2)23-13)19-8-12-10-22-14(21-12)16(3,4)5;/h7,10H,6,8-9H2,1-5H3,(H2,17,19,20);1H. The maximum Gasteiger partial charge on any atom is 0.191 e. The number of nitrogens with zero attached hydrogens (tertiary/aromatic N) is 3. The van der Waals surface area contributed by atoms with Crippen molar-refractivity contribution in [3.63, 3.8) is 0 Å². The van der Waals surface area contributed by atoms with E-state index in [0.717, 1.165) is 28.2 Å². The monoisotopic (exact) mass is 479 g/mol. The van der Waals surface area contributed by atoms with Gasteiger partial charge in [0.1, 0.15) is 5.01 Å². The van der Waals surface area contributed by atoms with Crippen molar-refractivity contribution >= 4 is 52.6 Å². The molecule has 2 aromatic heterocycles. The molecule has 0 spiro atoms. The van der Waals surface area contributed by atoms with Gasteiger partial charge < -0.3 is 10.6 Å². The van der Waals surface area contributed by atoms with E-state index in [1.54, 1.807) is 22.7 Å². The molecule has 0 bridgehead atoms. The van der Waals surface area contributed by atoms with Crippen LogP contribution < -0.4 is 10.6 Å². The summed E-state index contributed by atoms with van der Waals surface area (Å²) in [5.74, 6) is 0.797. The van der Waals surface area contributed by atoms with E-state index in [-0.39, 0.29) is 29.4 Å². The number of guanidine groups is 1.